The normalized spacial score (nSPS) is 11.7. The van der Waals surface area contributed by atoms with Crippen LogP contribution >= 0.6 is 24.0 Å². The number of Topliss-reactive ketones (excluding diaryl/α,β-unsaturated/α-hetero) is 1. The zero-order valence-corrected chi connectivity index (χ0v) is 19.4. The lowest BCUT2D eigenvalue weighted by molar-refractivity contribution is 0.0968. The predicted octanol–water partition coefficient (Wildman–Crippen LogP) is 5.29. The quantitative estimate of drug-likeness (QED) is 0.386. The number of nitrogens with zero attached hydrogens (tertiary/aromatic N) is 2. The second kappa shape index (κ2) is 9.61. The van der Waals surface area contributed by atoms with E-state index in [1.165, 1.54) is 0 Å². The van der Waals surface area contributed by atoms with Crippen molar-refractivity contribution in [1.29, 1.82) is 0 Å². The number of aromatic nitrogens is 2. The van der Waals surface area contributed by atoms with E-state index in [1.54, 1.807) is 45.4 Å². The molecule has 0 fully saturated rings. The van der Waals surface area contributed by atoms with Crippen LogP contribution in [-0.2, 0) is 0 Å². The summed E-state index contributed by atoms with van der Waals surface area (Å²) < 4.78 is 12.7. The van der Waals surface area contributed by atoms with Crippen molar-refractivity contribution in [1.82, 2.24) is 9.38 Å². The van der Waals surface area contributed by atoms with Crippen molar-refractivity contribution in [3.05, 3.63) is 71.5 Å². The molecular weight excluding hydrogens is 449 g/mol. The SMILES string of the molecule is COc1cc(OC)c(-c2cn3ccc(-c4ccc(C(=O)C(C)N)cc4)cc3n2)cc1Cl.Cl. The second-order valence-corrected chi connectivity index (χ2v) is 7.63. The average Bonchev–Trinajstić information content (AvgIpc) is 3.21. The molecular formula is C24H23Cl2N3O3. The van der Waals surface area contributed by atoms with Gasteiger partial charge in [-0.2, -0.15) is 0 Å². The van der Waals surface area contributed by atoms with Gasteiger partial charge in [-0.05, 0) is 36.2 Å². The number of pyridine rings is 1. The monoisotopic (exact) mass is 471 g/mol. The Morgan fingerprint density at radius 1 is 1.03 bits per heavy atom. The van der Waals surface area contributed by atoms with Gasteiger partial charge < -0.3 is 19.6 Å². The van der Waals surface area contributed by atoms with Crippen LogP contribution in [0.4, 0.5) is 0 Å². The smallest absolute Gasteiger partial charge is 0.179 e. The maximum Gasteiger partial charge on any atom is 0.179 e. The number of benzene rings is 2. The third-order valence-electron chi connectivity index (χ3n) is 5.13. The number of ether oxygens (including phenoxy) is 2. The molecule has 0 saturated carbocycles. The Morgan fingerprint density at radius 2 is 1.72 bits per heavy atom. The molecule has 2 heterocycles. The van der Waals surface area contributed by atoms with Crippen LogP contribution in [0.1, 0.15) is 17.3 Å². The summed E-state index contributed by atoms with van der Waals surface area (Å²) in [4.78, 5) is 16.8. The van der Waals surface area contributed by atoms with Crippen molar-refractivity contribution in [3.8, 4) is 33.9 Å². The molecule has 0 spiro atoms. The minimum absolute atomic E-state index is 0. The van der Waals surface area contributed by atoms with E-state index in [0.29, 0.717) is 22.1 Å². The first kappa shape index (κ1) is 23.6. The molecule has 166 valence electrons. The van der Waals surface area contributed by atoms with Gasteiger partial charge in [0.1, 0.15) is 17.1 Å². The molecule has 2 N–H and O–H groups in total. The lowest BCUT2D eigenvalue weighted by Crippen LogP contribution is -2.26. The summed E-state index contributed by atoms with van der Waals surface area (Å²) in [7, 11) is 3.16. The third-order valence-corrected chi connectivity index (χ3v) is 5.42. The summed E-state index contributed by atoms with van der Waals surface area (Å²) in [6.45, 7) is 1.69. The lowest BCUT2D eigenvalue weighted by Gasteiger charge is -2.10. The zero-order valence-electron chi connectivity index (χ0n) is 17.8. The van der Waals surface area contributed by atoms with Crippen molar-refractivity contribution < 1.29 is 14.3 Å². The second-order valence-electron chi connectivity index (χ2n) is 7.22. The van der Waals surface area contributed by atoms with E-state index in [4.69, 9.17) is 31.8 Å². The Bertz CT molecular complexity index is 1270. The molecule has 32 heavy (non-hydrogen) atoms. The molecule has 0 bridgehead atoms. The average molecular weight is 472 g/mol. The highest BCUT2D eigenvalue weighted by molar-refractivity contribution is 6.32. The highest BCUT2D eigenvalue weighted by Gasteiger charge is 2.15. The fraction of sp³-hybridized carbons (Fsp3) is 0.167. The van der Waals surface area contributed by atoms with Crippen molar-refractivity contribution in [2.45, 2.75) is 13.0 Å². The Kier molecular flexibility index (Phi) is 7.09. The van der Waals surface area contributed by atoms with Gasteiger partial charge in [-0.1, -0.05) is 35.9 Å². The first-order chi connectivity index (χ1) is 14.9. The van der Waals surface area contributed by atoms with Gasteiger partial charge in [0.05, 0.1) is 31.0 Å². The minimum Gasteiger partial charge on any atom is -0.496 e. The standard InChI is InChI=1S/C24H22ClN3O3.ClH/c1-14(26)24(29)16-6-4-15(5-7-16)17-8-9-28-13-20(27-23(28)10-17)18-11-19(25)22(31-3)12-21(18)30-2;/h4-14H,26H2,1-3H3;1H. The number of methoxy groups -OCH3 is 2. The molecule has 0 aliphatic rings. The topological polar surface area (TPSA) is 78.8 Å². The molecule has 0 aliphatic carbocycles. The number of carbonyl (C=O) groups is 1. The van der Waals surface area contributed by atoms with Gasteiger partial charge in [0.15, 0.2) is 5.78 Å². The van der Waals surface area contributed by atoms with Crippen LogP contribution in [0.2, 0.25) is 5.02 Å². The zero-order chi connectivity index (χ0) is 22.1. The molecule has 0 saturated heterocycles. The van der Waals surface area contributed by atoms with E-state index < -0.39 is 6.04 Å². The van der Waals surface area contributed by atoms with E-state index in [-0.39, 0.29) is 18.2 Å². The van der Waals surface area contributed by atoms with Gasteiger partial charge in [0.2, 0.25) is 0 Å². The van der Waals surface area contributed by atoms with Crippen LogP contribution < -0.4 is 15.2 Å². The number of hydrogen-bond acceptors (Lipinski definition) is 5. The van der Waals surface area contributed by atoms with Gasteiger partial charge in [0.25, 0.3) is 0 Å². The number of rotatable bonds is 6. The summed E-state index contributed by atoms with van der Waals surface area (Å²) >= 11 is 6.32. The molecule has 4 rings (SSSR count). The Balaban J connectivity index is 0.00000289. The fourth-order valence-electron chi connectivity index (χ4n) is 3.44. The number of nitrogens with two attached hydrogens (primary N) is 1. The number of ketones is 1. The Morgan fingerprint density at radius 3 is 2.34 bits per heavy atom. The first-order valence-electron chi connectivity index (χ1n) is 9.72. The summed E-state index contributed by atoms with van der Waals surface area (Å²) in [6.07, 6.45) is 3.87. The lowest BCUT2D eigenvalue weighted by atomic mass is 10.0. The number of fused-ring (bicyclic) bond motifs is 1. The van der Waals surface area contributed by atoms with Crippen LogP contribution in [0.5, 0.6) is 11.5 Å². The largest absolute Gasteiger partial charge is 0.496 e. The van der Waals surface area contributed by atoms with Crippen molar-refractivity contribution in [2.24, 2.45) is 5.73 Å². The number of hydrogen-bond donors (Lipinski definition) is 1. The summed E-state index contributed by atoms with van der Waals surface area (Å²) in [5.74, 6) is 1.09. The van der Waals surface area contributed by atoms with E-state index >= 15 is 0 Å². The highest BCUT2D eigenvalue weighted by Crippen LogP contribution is 2.38. The van der Waals surface area contributed by atoms with E-state index in [0.717, 1.165) is 28.0 Å². The number of imidazole rings is 1. The molecule has 2 aromatic heterocycles. The molecule has 0 amide bonds. The van der Waals surface area contributed by atoms with Gasteiger partial charge in [-0.25, -0.2) is 4.98 Å². The fourth-order valence-corrected chi connectivity index (χ4v) is 3.68. The number of carbonyl (C=O) groups excluding carboxylic acids is 1. The maximum absolute atomic E-state index is 12.1. The van der Waals surface area contributed by atoms with Gasteiger partial charge in [-0.3, -0.25) is 4.79 Å². The summed E-state index contributed by atoms with van der Waals surface area (Å²) in [5, 5.41) is 0.484. The molecule has 6 nitrogen and oxygen atoms in total. The van der Waals surface area contributed by atoms with Crippen molar-refractivity contribution >= 4 is 35.4 Å². The van der Waals surface area contributed by atoms with Gasteiger partial charge >= 0.3 is 0 Å². The Hall–Kier alpha value is -3.06. The molecule has 0 aliphatic heterocycles. The maximum atomic E-state index is 12.1. The van der Waals surface area contributed by atoms with Crippen molar-refractivity contribution in [3.63, 3.8) is 0 Å². The van der Waals surface area contributed by atoms with E-state index in [9.17, 15) is 4.79 Å². The van der Waals surface area contributed by atoms with Crippen LogP contribution in [0.25, 0.3) is 28.0 Å². The van der Waals surface area contributed by atoms with Crippen LogP contribution in [0, 0.1) is 0 Å². The molecule has 1 unspecified atom stereocenters. The molecule has 4 aromatic rings. The van der Waals surface area contributed by atoms with E-state index in [1.807, 2.05) is 41.1 Å². The van der Waals surface area contributed by atoms with Crippen LogP contribution in [0.15, 0.2) is 60.9 Å². The molecule has 1 atom stereocenters. The van der Waals surface area contributed by atoms with Gasteiger partial charge in [-0.15, -0.1) is 12.4 Å². The predicted molar refractivity (Wildman–Crippen MR) is 129 cm³/mol. The third kappa shape index (κ3) is 4.43. The molecule has 0 radical (unpaired) electrons. The van der Waals surface area contributed by atoms with Crippen molar-refractivity contribution in [2.75, 3.05) is 14.2 Å². The Labute approximate surface area is 197 Å². The number of halogens is 2. The minimum atomic E-state index is -0.519. The molecule has 2 aromatic carbocycles. The summed E-state index contributed by atoms with van der Waals surface area (Å²) in [6, 6.07) is 14.4. The molecule has 8 heteroatoms. The van der Waals surface area contributed by atoms with Gasteiger partial charge in [0, 0.05) is 29.6 Å². The van der Waals surface area contributed by atoms with Crippen LogP contribution in [-0.4, -0.2) is 35.4 Å². The van der Waals surface area contributed by atoms with E-state index in [2.05, 4.69) is 0 Å². The summed E-state index contributed by atoms with van der Waals surface area (Å²) in [5.41, 5.74) is 10.6. The first-order valence-corrected chi connectivity index (χ1v) is 10.1. The van der Waals surface area contributed by atoms with Crippen LogP contribution in [0.3, 0.4) is 0 Å². The highest BCUT2D eigenvalue weighted by atomic mass is 35.5.